The SMILES string of the molecule is C=C(C)COO.[H-].[K+]. The molecule has 0 saturated heterocycles. The minimum absolute atomic E-state index is 0. The van der Waals surface area contributed by atoms with Gasteiger partial charge in [0.05, 0.1) is 0 Å². The van der Waals surface area contributed by atoms with E-state index in [0.29, 0.717) is 0 Å². The van der Waals surface area contributed by atoms with Crippen molar-refractivity contribution in [2.75, 3.05) is 6.61 Å². The molecule has 0 aromatic rings. The van der Waals surface area contributed by atoms with E-state index in [-0.39, 0.29) is 59.4 Å². The standard InChI is InChI=1S/C4H8O2.K.H/c1-4(2)3-6-5;;/h5H,1,3H2,2H3;;/q;+1;-1. The van der Waals surface area contributed by atoms with E-state index in [4.69, 9.17) is 5.26 Å². The van der Waals surface area contributed by atoms with Gasteiger partial charge in [0.15, 0.2) is 0 Å². The summed E-state index contributed by atoms with van der Waals surface area (Å²) in [6, 6.07) is 0. The summed E-state index contributed by atoms with van der Waals surface area (Å²) in [6.45, 7) is 5.47. The molecule has 0 bridgehead atoms. The van der Waals surface area contributed by atoms with Crippen LogP contribution >= 0.6 is 0 Å². The molecular formula is C4H9KO2. The Hall–Kier alpha value is 1.30. The first-order chi connectivity index (χ1) is 2.77. The molecule has 0 aromatic carbocycles. The normalized spacial score (nSPS) is 7.14. The molecule has 38 valence electrons. The Kier molecular flexibility index (Phi) is 11.6. The Morgan fingerprint density at radius 1 is 2.00 bits per heavy atom. The van der Waals surface area contributed by atoms with Gasteiger partial charge in [0.25, 0.3) is 0 Å². The Morgan fingerprint density at radius 3 is 2.43 bits per heavy atom. The van der Waals surface area contributed by atoms with Crippen molar-refractivity contribution in [3.8, 4) is 0 Å². The zero-order valence-electron chi connectivity index (χ0n) is 5.77. The Labute approximate surface area is 87.4 Å². The zero-order chi connectivity index (χ0) is 4.99. The average Bonchev–Trinajstić information content (AvgIpc) is 1.35. The summed E-state index contributed by atoms with van der Waals surface area (Å²) in [4.78, 5) is 3.70. The Balaban J connectivity index is -0.000000125. The van der Waals surface area contributed by atoms with Gasteiger partial charge in [-0.15, -0.1) is 0 Å². The maximum Gasteiger partial charge on any atom is 1.00 e. The number of rotatable bonds is 2. The van der Waals surface area contributed by atoms with Crippen LogP contribution in [-0.4, -0.2) is 11.9 Å². The van der Waals surface area contributed by atoms with Crippen molar-refractivity contribution in [2.24, 2.45) is 0 Å². The number of hydrogen-bond acceptors (Lipinski definition) is 2. The third-order valence-corrected chi connectivity index (χ3v) is 0.311. The van der Waals surface area contributed by atoms with Crippen molar-refractivity contribution in [3.63, 3.8) is 0 Å². The van der Waals surface area contributed by atoms with Gasteiger partial charge in [0.1, 0.15) is 6.61 Å². The van der Waals surface area contributed by atoms with Crippen LogP contribution in [0.15, 0.2) is 12.2 Å². The summed E-state index contributed by atoms with van der Waals surface area (Å²) in [6.07, 6.45) is 0. The molecule has 0 heterocycles. The van der Waals surface area contributed by atoms with E-state index in [2.05, 4.69) is 11.5 Å². The largest absolute Gasteiger partial charge is 1.00 e. The quantitative estimate of drug-likeness (QED) is 0.205. The van der Waals surface area contributed by atoms with Crippen LogP contribution in [0.2, 0.25) is 0 Å². The molecule has 0 saturated carbocycles. The third kappa shape index (κ3) is 11.1. The van der Waals surface area contributed by atoms with Crippen LogP contribution in [0.4, 0.5) is 0 Å². The van der Waals surface area contributed by atoms with Gasteiger partial charge >= 0.3 is 51.4 Å². The van der Waals surface area contributed by atoms with E-state index in [1.165, 1.54) is 0 Å². The summed E-state index contributed by atoms with van der Waals surface area (Å²) in [5.74, 6) is 0. The predicted molar refractivity (Wildman–Crippen MR) is 24.5 cm³/mol. The molecule has 7 heavy (non-hydrogen) atoms. The minimum Gasteiger partial charge on any atom is -1.00 e. The average molecular weight is 128 g/mol. The minimum atomic E-state index is 0. The van der Waals surface area contributed by atoms with Crippen LogP contribution in [0.1, 0.15) is 8.35 Å². The first-order valence-electron chi connectivity index (χ1n) is 1.68. The van der Waals surface area contributed by atoms with E-state index >= 15 is 0 Å². The third-order valence-electron chi connectivity index (χ3n) is 0.311. The molecule has 0 atom stereocenters. The van der Waals surface area contributed by atoms with Crippen LogP contribution in [0.25, 0.3) is 0 Å². The molecule has 0 aliphatic carbocycles. The van der Waals surface area contributed by atoms with Crippen LogP contribution in [0.5, 0.6) is 0 Å². The van der Waals surface area contributed by atoms with Crippen molar-refractivity contribution in [1.29, 1.82) is 0 Å². The molecule has 3 heteroatoms. The molecule has 0 amide bonds. The molecule has 0 spiro atoms. The molecule has 0 unspecified atom stereocenters. The smallest absolute Gasteiger partial charge is 1.00 e. The van der Waals surface area contributed by atoms with Crippen molar-refractivity contribution in [2.45, 2.75) is 6.92 Å². The van der Waals surface area contributed by atoms with Gasteiger partial charge in [0.2, 0.25) is 0 Å². The zero-order valence-corrected chi connectivity index (χ0v) is 7.89. The van der Waals surface area contributed by atoms with Gasteiger partial charge in [-0.05, 0) is 6.92 Å². The van der Waals surface area contributed by atoms with Crippen molar-refractivity contribution < 1.29 is 63.0 Å². The first kappa shape index (κ1) is 11.1. The van der Waals surface area contributed by atoms with Crippen LogP contribution in [0.3, 0.4) is 0 Å². The van der Waals surface area contributed by atoms with Crippen LogP contribution < -0.4 is 51.4 Å². The van der Waals surface area contributed by atoms with Gasteiger partial charge in [0, 0.05) is 0 Å². The Bertz CT molecular complexity index is 58.0. The van der Waals surface area contributed by atoms with E-state index < -0.39 is 0 Å². The maximum atomic E-state index is 7.68. The summed E-state index contributed by atoms with van der Waals surface area (Å²) in [5.41, 5.74) is 0.817. The molecule has 0 aromatic heterocycles. The summed E-state index contributed by atoms with van der Waals surface area (Å²) >= 11 is 0. The van der Waals surface area contributed by atoms with Gasteiger partial charge in [-0.25, -0.2) is 4.89 Å². The summed E-state index contributed by atoms with van der Waals surface area (Å²) in [7, 11) is 0. The molecule has 0 radical (unpaired) electrons. The van der Waals surface area contributed by atoms with E-state index in [1.807, 2.05) is 0 Å². The van der Waals surface area contributed by atoms with Gasteiger partial charge in [-0.2, -0.15) is 0 Å². The monoisotopic (exact) mass is 128 g/mol. The fourth-order valence-corrected chi connectivity index (χ4v) is 0.110. The molecule has 0 fully saturated rings. The maximum absolute atomic E-state index is 7.68. The number of hydrogen-bond donors (Lipinski definition) is 1. The van der Waals surface area contributed by atoms with E-state index in [1.54, 1.807) is 6.92 Å². The predicted octanol–water partition coefficient (Wildman–Crippen LogP) is -1.83. The van der Waals surface area contributed by atoms with Crippen molar-refractivity contribution in [1.82, 2.24) is 0 Å². The second kappa shape index (κ2) is 7.30. The van der Waals surface area contributed by atoms with Crippen LogP contribution in [-0.2, 0) is 4.89 Å². The fourth-order valence-electron chi connectivity index (χ4n) is 0.110. The molecule has 1 N–H and O–H groups in total. The van der Waals surface area contributed by atoms with Crippen molar-refractivity contribution >= 4 is 0 Å². The van der Waals surface area contributed by atoms with Gasteiger partial charge in [-0.1, -0.05) is 12.2 Å². The molecule has 0 aliphatic heterocycles. The van der Waals surface area contributed by atoms with E-state index in [9.17, 15) is 0 Å². The molecule has 0 aliphatic rings. The molecule has 2 nitrogen and oxygen atoms in total. The Morgan fingerprint density at radius 2 is 2.43 bits per heavy atom. The summed E-state index contributed by atoms with van der Waals surface area (Å²) in [5, 5.41) is 7.68. The van der Waals surface area contributed by atoms with Gasteiger partial charge < -0.3 is 1.43 Å². The molecular weight excluding hydrogens is 119 g/mol. The van der Waals surface area contributed by atoms with Gasteiger partial charge in [-0.3, -0.25) is 5.26 Å². The van der Waals surface area contributed by atoms with Crippen LogP contribution in [0, 0.1) is 0 Å². The second-order valence-electron chi connectivity index (χ2n) is 1.23. The summed E-state index contributed by atoms with van der Waals surface area (Å²) < 4.78 is 0. The van der Waals surface area contributed by atoms with Crippen molar-refractivity contribution in [3.05, 3.63) is 12.2 Å². The fraction of sp³-hybridized carbons (Fsp3) is 0.500. The second-order valence-corrected chi connectivity index (χ2v) is 1.23. The van der Waals surface area contributed by atoms with E-state index in [0.717, 1.165) is 5.57 Å². The topological polar surface area (TPSA) is 29.5 Å². The first-order valence-corrected chi connectivity index (χ1v) is 1.68. The molecule has 0 rings (SSSR count).